The number of hydrogen-bond acceptors (Lipinski definition) is 7. The minimum atomic E-state index is -0.535. The highest BCUT2D eigenvalue weighted by atomic mass is 16.5. The maximum atomic E-state index is 12.4. The second kappa shape index (κ2) is 5.69. The van der Waals surface area contributed by atoms with Gasteiger partial charge in [-0.1, -0.05) is 0 Å². The number of fused-ring (bicyclic) bond motifs is 1. The number of methoxy groups -OCH3 is 2. The monoisotopic (exact) mass is 330 g/mol. The Morgan fingerprint density at radius 3 is 2.33 bits per heavy atom. The van der Waals surface area contributed by atoms with Gasteiger partial charge in [0, 0.05) is 17.7 Å². The number of phenolic OH excluding ortho intramolecular Hbond substituents is 3. The molecule has 0 amide bonds. The highest BCUT2D eigenvalue weighted by Gasteiger charge is 2.19. The van der Waals surface area contributed by atoms with Crippen LogP contribution in [0.2, 0.25) is 0 Å². The van der Waals surface area contributed by atoms with Crippen molar-refractivity contribution >= 4 is 11.0 Å². The van der Waals surface area contributed by atoms with Gasteiger partial charge in [0.15, 0.2) is 28.4 Å². The number of phenols is 3. The zero-order chi connectivity index (χ0) is 17.4. The minimum absolute atomic E-state index is 0.00860. The summed E-state index contributed by atoms with van der Waals surface area (Å²) in [5.41, 5.74) is 0.0208. The molecule has 2 aromatic carbocycles. The van der Waals surface area contributed by atoms with E-state index in [9.17, 15) is 20.1 Å². The van der Waals surface area contributed by atoms with Crippen molar-refractivity contribution in [1.29, 1.82) is 0 Å². The smallest absolute Gasteiger partial charge is 0.201 e. The molecular formula is C17H14O7. The van der Waals surface area contributed by atoms with Crippen LogP contribution in [0.1, 0.15) is 0 Å². The van der Waals surface area contributed by atoms with Crippen LogP contribution in [0, 0.1) is 0 Å². The summed E-state index contributed by atoms with van der Waals surface area (Å²) in [6, 6.07) is 6.87. The molecule has 0 saturated carbocycles. The third kappa shape index (κ3) is 2.36. The molecule has 0 bridgehead atoms. The Hall–Kier alpha value is -3.35. The molecule has 1 heterocycles. The van der Waals surface area contributed by atoms with E-state index in [-0.39, 0.29) is 34.0 Å². The summed E-state index contributed by atoms with van der Waals surface area (Å²) in [6.45, 7) is 0. The molecule has 3 aromatic rings. The first-order chi connectivity index (χ1) is 11.5. The Bertz CT molecular complexity index is 988. The van der Waals surface area contributed by atoms with Crippen LogP contribution in [0.15, 0.2) is 39.5 Å². The van der Waals surface area contributed by atoms with Crippen LogP contribution < -0.4 is 14.9 Å². The molecule has 7 heteroatoms. The van der Waals surface area contributed by atoms with Crippen molar-refractivity contribution in [2.45, 2.75) is 0 Å². The van der Waals surface area contributed by atoms with E-state index >= 15 is 0 Å². The second-order valence-electron chi connectivity index (χ2n) is 5.01. The molecule has 0 saturated heterocycles. The van der Waals surface area contributed by atoms with Gasteiger partial charge in [-0.25, -0.2) is 0 Å². The number of aromatic hydroxyl groups is 3. The first-order valence-corrected chi connectivity index (χ1v) is 6.90. The molecule has 0 unspecified atom stereocenters. The molecule has 1 aromatic heterocycles. The van der Waals surface area contributed by atoms with Gasteiger partial charge in [-0.15, -0.1) is 0 Å². The lowest BCUT2D eigenvalue weighted by molar-refractivity contribution is 0.353. The summed E-state index contributed by atoms with van der Waals surface area (Å²) in [5, 5.41) is 29.4. The summed E-state index contributed by atoms with van der Waals surface area (Å²) in [4.78, 5) is 12.4. The van der Waals surface area contributed by atoms with Gasteiger partial charge in [0.05, 0.1) is 14.2 Å². The zero-order valence-corrected chi connectivity index (χ0v) is 12.9. The third-order valence-electron chi connectivity index (χ3n) is 3.59. The largest absolute Gasteiger partial charge is 0.504 e. The molecule has 0 fully saturated rings. The van der Waals surface area contributed by atoms with Gasteiger partial charge in [0.25, 0.3) is 0 Å². The van der Waals surface area contributed by atoms with E-state index < -0.39 is 16.9 Å². The Morgan fingerprint density at radius 2 is 1.71 bits per heavy atom. The third-order valence-corrected chi connectivity index (χ3v) is 3.59. The van der Waals surface area contributed by atoms with E-state index in [1.54, 1.807) is 6.07 Å². The summed E-state index contributed by atoms with van der Waals surface area (Å²) >= 11 is 0. The van der Waals surface area contributed by atoms with E-state index in [2.05, 4.69) is 0 Å². The van der Waals surface area contributed by atoms with Gasteiger partial charge in [0.2, 0.25) is 5.75 Å². The lowest BCUT2D eigenvalue weighted by atomic mass is 10.1. The summed E-state index contributed by atoms with van der Waals surface area (Å²) in [7, 11) is 2.69. The van der Waals surface area contributed by atoms with Crippen LogP contribution in [-0.2, 0) is 0 Å². The van der Waals surface area contributed by atoms with Crippen molar-refractivity contribution in [3.8, 4) is 40.1 Å². The quantitative estimate of drug-likeness (QED) is 0.633. The van der Waals surface area contributed by atoms with Gasteiger partial charge in [0.1, 0.15) is 16.7 Å². The Morgan fingerprint density at radius 1 is 0.958 bits per heavy atom. The summed E-state index contributed by atoms with van der Waals surface area (Å²) in [6.07, 6.45) is 0. The topological polar surface area (TPSA) is 109 Å². The molecule has 7 nitrogen and oxygen atoms in total. The van der Waals surface area contributed by atoms with Crippen LogP contribution in [0.4, 0.5) is 0 Å². The van der Waals surface area contributed by atoms with Crippen LogP contribution in [-0.4, -0.2) is 29.5 Å². The van der Waals surface area contributed by atoms with E-state index in [1.807, 2.05) is 0 Å². The number of benzene rings is 2. The van der Waals surface area contributed by atoms with E-state index in [0.717, 1.165) is 6.07 Å². The number of ether oxygens (including phenoxy) is 2. The first kappa shape index (κ1) is 15.5. The standard InChI is InChI=1S/C17H14O7/c1-22-12-4-3-8(5-9(12)18)13-6-10(19)15-14(24-13)7-11(20)16(21)17(15)23-2/h3-7,18,20-21H,1-2H3. The molecule has 3 rings (SSSR count). The van der Waals surface area contributed by atoms with Crippen molar-refractivity contribution in [3.63, 3.8) is 0 Å². The van der Waals surface area contributed by atoms with Gasteiger partial charge in [-0.3, -0.25) is 4.79 Å². The van der Waals surface area contributed by atoms with E-state index in [1.165, 1.54) is 32.4 Å². The molecule has 24 heavy (non-hydrogen) atoms. The van der Waals surface area contributed by atoms with Gasteiger partial charge in [-0.05, 0) is 18.2 Å². The Balaban J connectivity index is 2.27. The molecule has 3 N–H and O–H groups in total. The molecule has 0 atom stereocenters. The first-order valence-electron chi connectivity index (χ1n) is 6.90. The fraction of sp³-hybridized carbons (Fsp3) is 0.118. The molecule has 124 valence electrons. The normalized spacial score (nSPS) is 10.8. The van der Waals surface area contributed by atoms with Crippen molar-refractivity contribution < 1.29 is 29.2 Å². The highest BCUT2D eigenvalue weighted by molar-refractivity contribution is 5.89. The van der Waals surface area contributed by atoms with Crippen LogP contribution in [0.25, 0.3) is 22.3 Å². The maximum Gasteiger partial charge on any atom is 0.201 e. The average Bonchev–Trinajstić information content (AvgIpc) is 2.56. The fourth-order valence-electron chi connectivity index (χ4n) is 2.45. The van der Waals surface area contributed by atoms with Crippen LogP contribution in [0.3, 0.4) is 0 Å². The number of rotatable bonds is 3. The second-order valence-corrected chi connectivity index (χ2v) is 5.01. The lowest BCUT2D eigenvalue weighted by Gasteiger charge is -2.10. The van der Waals surface area contributed by atoms with Crippen molar-refractivity contribution in [2.75, 3.05) is 14.2 Å². The lowest BCUT2D eigenvalue weighted by Crippen LogP contribution is -2.03. The van der Waals surface area contributed by atoms with Crippen LogP contribution in [0.5, 0.6) is 28.7 Å². The predicted molar refractivity (Wildman–Crippen MR) is 86.0 cm³/mol. The number of hydrogen-bond donors (Lipinski definition) is 3. The summed E-state index contributed by atoms with van der Waals surface area (Å²) in [5.74, 6) is -0.820. The molecular weight excluding hydrogens is 316 g/mol. The predicted octanol–water partition coefficient (Wildman–Crippen LogP) is 2.59. The Kier molecular flexibility index (Phi) is 3.69. The fourth-order valence-corrected chi connectivity index (χ4v) is 2.45. The van der Waals surface area contributed by atoms with Gasteiger partial charge >= 0.3 is 0 Å². The molecule has 0 spiro atoms. The minimum Gasteiger partial charge on any atom is -0.504 e. The summed E-state index contributed by atoms with van der Waals surface area (Å²) < 4.78 is 15.6. The van der Waals surface area contributed by atoms with Crippen molar-refractivity contribution in [2.24, 2.45) is 0 Å². The maximum absolute atomic E-state index is 12.4. The van der Waals surface area contributed by atoms with Gasteiger partial charge < -0.3 is 29.2 Å². The van der Waals surface area contributed by atoms with Gasteiger partial charge in [-0.2, -0.15) is 0 Å². The average molecular weight is 330 g/mol. The highest BCUT2D eigenvalue weighted by Crippen LogP contribution is 2.41. The molecule has 0 aliphatic carbocycles. The van der Waals surface area contributed by atoms with Crippen LogP contribution >= 0.6 is 0 Å². The van der Waals surface area contributed by atoms with E-state index in [4.69, 9.17) is 13.9 Å². The Labute approximate surface area is 135 Å². The molecule has 0 radical (unpaired) electrons. The SMILES string of the molecule is COc1ccc(-c2cc(=O)c3c(OC)c(O)c(O)cc3o2)cc1O. The molecule has 0 aliphatic heterocycles. The van der Waals surface area contributed by atoms with Crippen molar-refractivity contribution in [3.05, 3.63) is 40.6 Å². The van der Waals surface area contributed by atoms with E-state index in [0.29, 0.717) is 5.56 Å². The zero-order valence-electron chi connectivity index (χ0n) is 12.9. The van der Waals surface area contributed by atoms with Crippen molar-refractivity contribution in [1.82, 2.24) is 0 Å². The molecule has 0 aliphatic rings.